The van der Waals surface area contributed by atoms with Gasteiger partial charge in [0.1, 0.15) is 11.6 Å². The van der Waals surface area contributed by atoms with Crippen molar-refractivity contribution < 1.29 is 27.7 Å². The predicted octanol–water partition coefficient (Wildman–Crippen LogP) is 0.939. The fourth-order valence-corrected chi connectivity index (χ4v) is 3.55. The molecule has 1 saturated heterocycles. The molecule has 2 aliphatic heterocycles. The van der Waals surface area contributed by atoms with E-state index in [1.807, 2.05) is 0 Å². The van der Waals surface area contributed by atoms with Crippen molar-refractivity contribution in [3.05, 3.63) is 29.8 Å². The van der Waals surface area contributed by atoms with E-state index >= 15 is 0 Å². The number of amidine groups is 2. The Bertz CT molecular complexity index is 917. The number of aliphatic imine (C=N–C) groups is 1. The summed E-state index contributed by atoms with van der Waals surface area (Å²) in [5, 5.41) is 2.73. The van der Waals surface area contributed by atoms with E-state index in [1.165, 1.54) is 19.0 Å². The zero-order valence-electron chi connectivity index (χ0n) is 14.7. The normalized spacial score (nSPS) is 19.4. The Balaban J connectivity index is 1.69. The van der Waals surface area contributed by atoms with Gasteiger partial charge in [-0.3, -0.25) is 14.5 Å². The molecule has 1 fully saturated rings. The number of fused-ring (bicyclic) bond motifs is 1. The van der Waals surface area contributed by atoms with Gasteiger partial charge in [0.15, 0.2) is 0 Å². The number of rotatable bonds is 3. The average molecular weight is 396 g/mol. The molecule has 0 aromatic heterocycles. The van der Waals surface area contributed by atoms with Gasteiger partial charge in [0, 0.05) is 13.1 Å². The van der Waals surface area contributed by atoms with Crippen LogP contribution in [-0.2, 0) is 9.59 Å². The van der Waals surface area contributed by atoms with Gasteiger partial charge in [-0.1, -0.05) is 0 Å². The molecule has 4 amide bonds. The molecular weight excluding hydrogens is 380 g/mol. The highest BCUT2D eigenvalue weighted by Crippen LogP contribution is 2.22. The van der Waals surface area contributed by atoms with E-state index in [1.54, 1.807) is 11.6 Å². The summed E-state index contributed by atoms with van der Waals surface area (Å²) in [6.07, 6.45) is 0. The van der Waals surface area contributed by atoms with Crippen LogP contribution in [0.3, 0.4) is 0 Å². The minimum absolute atomic E-state index is 0.109. The van der Waals surface area contributed by atoms with Crippen molar-refractivity contribution in [2.24, 2.45) is 4.99 Å². The van der Waals surface area contributed by atoms with Crippen LogP contribution in [0.4, 0.5) is 19.3 Å². The molecule has 1 N–H and O–H groups in total. The van der Waals surface area contributed by atoms with Gasteiger partial charge in [-0.25, -0.2) is 23.1 Å². The topological polar surface area (TPSA) is 85.1 Å². The molecule has 142 valence electrons. The van der Waals surface area contributed by atoms with E-state index < -0.39 is 35.5 Å². The van der Waals surface area contributed by atoms with E-state index in [2.05, 4.69) is 10.3 Å². The maximum absolute atomic E-state index is 13.6. The van der Waals surface area contributed by atoms with E-state index in [0.29, 0.717) is 17.1 Å². The highest BCUT2D eigenvalue weighted by Gasteiger charge is 2.51. The molecule has 2 aliphatic rings. The number of hydrogen-bond acceptors (Lipinski definition) is 5. The molecule has 0 aliphatic carbocycles. The SMILES string of the molecule is CN1C(=O)C2N=C(SCC(=O)Nc3ccc(F)cc3F)[N+](C)=C2N(C)C1=O. The number of benzene rings is 1. The van der Waals surface area contributed by atoms with Crippen LogP contribution in [0.15, 0.2) is 23.2 Å². The highest BCUT2D eigenvalue weighted by atomic mass is 32.2. The minimum Gasteiger partial charge on any atom is -0.323 e. The van der Waals surface area contributed by atoms with Gasteiger partial charge >= 0.3 is 6.03 Å². The van der Waals surface area contributed by atoms with Gasteiger partial charge in [-0.05, 0) is 23.9 Å². The molecule has 3 rings (SSSR count). The molecule has 1 aromatic carbocycles. The lowest BCUT2D eigenvalue weighted by molar-refractivity contribution is -0.367. The Morgan fingerprint density at radius 1 is 1.30 bits per heavy atom. The van der Waals surface area contributed by atoms with Gasteiger partial charge in [-0.15, -0.1) is 4.99 Å². The van der Waals surface area contributed by atoms with Crippen LogP contribution in [0.1, 0.15) is 0 Å². The maximum Gasteiger partial charge on any atom is 0.388 e. The van der Waals surface area contributed by atoms with Crippen molar-refractivity contribution in [2.45, 2.75) is 6.04 Å². The number of carbonyl (C=O) groups is 3. The quantitative estimate of drug-likeness (QED) is 0.771. The van der Waals surface area contributed by atoms with Crippen molar-refractivity contribution in [1.82, 2.24) is 9.80 Å². The first kappa shape index (κ1) is 19.0. The number of amides is 4. The van der Waals surface area contributed by atoms with E-state index in [9.17, 15) is 23.2 Å². The van der Waals surface area contributed by atoms with Crippen LogP contribution < -0.4 is 5.32 Å². The van der Waals surface area contributed by atoms with Crippen molar-refractivity contribution in [1.29, 1.82) is 0 Å². The summed E-state index contributed by atoms with van der Waals surface area (Å²) < 4.78 is 28.1. The average Bonchev–Trinajstić information content (AvgIpc) is 2.95. The summed E-state index contributed by atoms with van der Waals surface area (Å²) >= 11 is 1.04. The Hall–Kier alpha value is -2.82. The molecule has 1 unspecified atom stereocenters. The lowest BCUT2D eigenvalue weighted by atomic mass is 10.2. The molecule has 0 spiro atoms. The number of nitrogens with one attached hydrogen (secondary N) is 1. The standard InChI is InChI=1S/C16H15F2N5O3S/c1-21-13-12(14(25)23(3)16(26)22(13)2)20-15(21)27-7-11(24)19-10-5-4-8(17)6-9(10)18/h4-6,12H,7H2,1-3H3/p+1. The number of thioether (sulfide) groups is 1. The first-order chi connectivity index (χ1) is 12.7. The van der Waals surface area contributed by atoms with Gasteiger partial charge in [0.05, 0.1) is 25.5 Å². The van der Waals surface area contributed by atoms with Crippen LogP contribution in [0.5, 0.6) is 0 Å². The first-order valence-corrected chi connectivity index (χ1v) is 8.80. The van der Waals surface area contributed by atoms with E-state index in [4.69, 9.17) is 0 Å². The second-order valence-corrected chi connectivity index (χ2v) is 6.87. The molecular formula is C16H16F2N5O3S+. The number of imide groups is 1. The Labute approximate surface area is 157 Å². The highest BCUT2D eigenvalue weighted by molar-refractivity contribution is 8.14. The van der Waals surface area contributed by atoms with Crippen LogP contribution in [0.25, 0.3) is 0 Å². The fourth-order valence-electron chi connectivity index (χ4n) is 2.75. The number of carbonyl (C=O) groups excluding carboxylic acids is 3. The molecule has 0 radical (unpaired) electrons. The van der Waals surface area contributed by atoms with Gasteiger partial charge in [-0.2, -0.15) is 0 Å². The minimum atomic E-state index is -0.876. The van der Waals surface area contributed by atoms with Crippen molar-refractivity contribution in [3.8, 4) is 0 Å². The van der Waals surface area contributed by atoms with Crippen molar-refractivity contribution in [3.63, 3.8) is 0 Å². The summed E-state index contributed by atoms with van der Waals surface area (Å²) in [6, 6.07) is 1.53. The van der Waals surface area contributed by atoms with Crippen molar-refractivity contribution >= 4 is 46.3 Å². The summed E-state index contributed by atoms with van der Waals surface area (Å²) in [5.74, 6) is -2.28. The monoisotopic (exact) mass is 396 g/mol. The lowest BCUT2D eigenvalue weighted by Gasteiger charge is -2.27. The third-order valence-electron chi connectivity index (χ3n) is 4.13. The van der Waals surface area contributed by atoms with Crippen LogP contribution in [0, 0.1) is 11.6 Å². The summed E-state index contributed by atoms with van der Waals surface area (Å²) in [7, 11) is 4.56. The smallest absolute Gasteiger partial charge is 0.323 e. The lowest BCUT2D eigenvalue weighted by Crippen LogP contribution is -2.59. The molecule has 11 heteroatoms. The number of hydrogen-bond donors (Lipinski definition) is 1. The molecule has 2 heterocycles. The maximum atomic E-state index is 13.6. The van der Waals surface area contributed by atoms with Crippen LogP contribution >= 0.6 is 11.8 Å². The molecule has 8 nitrogen and oxygen atoms in total. The zero-order valence-corrected chi connectivity index (χ0v) is 15.5. The van der Waals surface area contributed by atoms with E-state index in [0.717, 1.165) is 28.8 Å². The number of urea groups is 1. The van der Waals surface area contributed by atoms with Crippen molar-refractivity contribution in [2.75, 3.05) is 32.2 Å². The van der Waals surface area contributed by atoms with Gasteiger partial charge < -0.3 is 5.32 Å². The fraction of sp³-hybridized carbons (Fsp3) is 0.312. The van der Waals surface area contributed by atoms with Gasteiger partial charge in [0.2, 0.25) is 5.91 Å². The number of anilines is 1. The Morgan fingerprint density at radius 3 is 2.67 bits per heavy atom. The third kappa shape index (κ3) is 3.42. The predicted molar refractivity (Wildman–Crippen MR) is 95.8 cm³/mol. The number of nitrogens with zero attached hydrogens (tertiary/aromatic N) is 4. The summed E-state index contributed by atoms with van der Waals surface area (Å²) in [4.78, 5) is 43.0. The number of likely N-dealkylation sites (N-methyl/N-ethyl adjacent to an activating group) is 2. The first-order valence-electron chi connectivity index (χ1n) is 7.82. The summed E-state index contributed by atoms with van der Waals surface area (Å²) in [6.45, 7) is 0. The molecule has 1 atom stereocenters. The zero-order chi connectivity index (χ0) is 19.9. The molecule has 27 heavy (non-hydrogen) atoms. The largest absolute Gasteiger partial charge is 0.388 e. The van der Waals surface area contributed by atoms with Crippen LogP contribution in [0.2, 0.25) is 0 Å². The van der Waals surface area contributed by atoms with Crippen LogP contribution in [-0.4, -0.2) is 76.2 Å². The molecule has 0 bridgehead atoms. The number of halogens is 2. The summed E-state index contributed by atoms with van der Waals surface area (Å²) in [5.41, 5.74) is -0.131. The molecule has 1 aromatic rings. The van der Waals surface area contributed by atoms with Gasteiger partial charge in [0.25, 0.3) is 23.0 Å². The Kier molecular flexibility index (Phi) is 4.96. The second-order valence-electron chi connectivity index (χ2n) is 5.93. The second kappa shape index (κ2) is 7.06. The Morgan fingerprint density at radius 2 is 2.00 bits per heavy atom. The third-order valence-corrected chi connectivity index (χ3v) is 5.18. The van der Waals surface area contributed by atoms with E-state index in [-0.39, 0.29) is 11.4 Å². The molecule has 0 saturated carbocycles.